The molecule has 1 aliphatic heterocycles. The van der Waals surface area contributed by atoms with Crippen LogP contribution in [0.1, 0.15) is 37.8 Å². The fourth-order valence-corrected chi connectivity index (χ4v) is 3.58. The lowest BCUT2D eigenvalue weighted by atomic mass is 9.93. The number of hydrogen-bond acceptors (Lipinski definition) is 2. The highest BCUT2D eigenvalue weighted by Gasteiger charge is 2.26. The van der Waals surface area contributed by atoms with E-state index in [1.165, 1.54) is 12.1 Å². The number of carbonyl (C=O) groups is 1. The van der Waals surface area contributed by atoms with Crippen molar-refractivity contribution in [2.24, 2.45) is 5.92 Å². The van der Waals surface area contributed by atoms with Gasteiger partial charge in [0.15, 0.2) is 0 Å². The van der Waals surface area contributed by atoms with Crippen molar-refractivity contribution in [3.63, 3.8) is 0 Å². The Morgan fingerprint density at radius 2 is 2.35 bits per heavy atom. The van der Waals surface area contributed by atoms with E-state index >= 15 is 0 Å². The normalized spacial score (nSPS) is 21.6. The Morgan fingerprint density at radius 3 is 3.00 bits per heavy atom. The Labute approximate surface area is 126 Å². The van der Waals surface area contributed by atoms with Gasteiger partial charge in [0, 0.05) is 23.5 Å². The third kappa shape index (κ3) is 3.79. The fraction of sp³-hybridized carbons (Fsp3) is 0.533. The van der Waals surface area contributed by atoms with Crippen LogP contribution in [0.3, 0.4) is 0 Å². The molecule has 1 fully saturated rings. The van der Waals surface area contributed by atoms with Crippen LogP contribution in [0.4, 0.5) is 4.39 Å². The molecule has 5 heteroatoms. The second kappa shape index (κ2) is 6.68. The van der Waals surface area contributed by atoms with Crippen LogP contribution in [0.15, 0.2) is 22.7 Å². The van der Waals surface area contributed by atoms with Gasteiger partial charge in [-0.05, 0) is 49.9 Å². The van der Waals surface area contributed by atoms with Crippen molar-refractivity contribution in [2.75, 3.05) is 13.1 Å². The van der Waals surface area contributed by atoms with E-state index < -0.39 is 5.97 Å². The van der Waals surface area contributed by atoms with Crippen molar-refractivity contribution in [3.8, 4) is 0 Å². The summed E-state index contributed by atoms with van der Waals surface area (Å²) in [5.41, 5.74) is 1.04. The lowest BCUT2D eigenvalue weighted by molar-refractivity contribution is -0.138. The molecule has 1 saturated heterocycles. The van der Waals surface area contributed by atoms with Crippen LogP contribution in [0.25, 0.3) is 0 Å². The molecule has 2 atom stereocenters. The van der Waals surface area contributed by atoms with Crippen LogP contribution < -0.4 is 0 Å². The Hall–Kier alpha value is -0.940. The Balaban J connectivity index is 2.08. The quantitative estimate of drug-likeness (QED) is 0.902. The molecule has 0 bridgehead atoms. The van der Waals surface area contributed by atoms with Crippen molar-refractivity contribution < 1.29 is 14.3 Å². The minimum atomic E-state index is -0.729. The number of piperidine rings is 1. The molecule has 20 heavy (non-hydrogen) atoms. The fourth-order valence-electron chi connectivity index (χ4n) is 2.90. The maximum atomic E-state index is 13.1. The maximum absolute atomic E-state index is 13.1. The summed E-state index contributed by atoms with van der Waals surface area (Å²) in [7, 11) is 0. The van der Waals surface area contributed by atoms with Crippen molar-refractivity contribution >= 4 is 21.9 Å². The molecule has 1 aromatic rings. The van der Waals surface area contributed by atoms with E-state index in [0.717, 1.165) is 36.0 Å². The van der Waals surface area contributed by atoms with Gasteiger partial charge >= 0.3 is 5.97 Å². The van der Waals surface area contributed by atoms with Gasteiger partial charge in [-0.2, -0.15) is 0 Å². The number of benzene rings is 1. The minimum absolute atomic E-state index is 0.154. The van der Waals surface area contributed by atoms with E-state index in [2.05, 4.69) is 27.8 Å². The van der Waals surface area contributed by atoms with Crippen LogP contribution in [0.2, 0.25) is 0 Å². The van der Waals surface area contributed by atoms with Crippen LogP contribution >= 0.6 is 15.9 Å². The van der Waals surface area contributed by atoms with Gasteiger partial charge in [-0.3, -0.25) is 9.69 Å². The van der Waals surface area contributed by atoms with Crippen molar-refractivity contribution in [3.05, 3.63) is 34.1 Å². The van der Waals surface area contributed by atoms with Crippen LogP contribution in [-0.4, -0.2) is 29.1 Å². The number of rotatable bonds is 4. The number of aliphatic carboxylic acids is 1. The molecular weight excluding hydrogens is 325 g/mol. The minimum Gasteiger partial charge on any atom is -0.481 e. The molecule has 0 spiro atoms. The molecule has 0 aromatic heterocycles. The summed E-state index contributed by atoms with van der Waals surface area (Å²) in [5.74, 6) is -0.773. The molecule has 0 aliphatic carbocycles. The summed E-state index contributed by atoms with van der Waals surface area (Å²) in [6.45, 7) is 3.83. The number of likely N-dealkylation sites (tertiary alicyclic amines) is 1. The Kier molecular flexibility index (Phi) is 5.16. The average molecular weight is 344 g/mol. The van der Waals surface area contributed by atoms with E-state index in [1.54, 1.807) is 6.07 Å². The molecule has 3 nitrogen and oxygen atoms in total. The van der Waals surface area contributed by atoms with Crippen molar-refractivity contribution in [2.45, 2.75) is 32.2 Å². The molecule has 0 amide bonds. The molecule has 0 saturated carbocycles. The van der Waals surface area contributed by atoms with Crippen LogP contribution in [-0.2, 0) is 4.79 Å². The monoisotopic (exact) mass is 343 g/mol. The van der Waals surface area contributed by atoms with Gasteiger partial charge in [-0.15, -0.1) is 0 Å². The predicted octanol–water partition coefficient (Wildman–Crippen LogP) is 3.84. The zero-order valence-electron chi connectivity index (χ0n) is 11.5. The first-order valence-corrected chi connectivity index (χ1v) is 7.67. The maximum Gasteiger partial charge on any atom is 0.303 e. The van der Waals surface area contributed by atoms with E-state index in [9.17, 15) is 9.18 Å². The average Bonchev–Trinajstić information content (AvgIpc) is 2.37. The standard InChI is InChI=1S/C15H19BrFNO2/c1-10(13-5-4-12(17)8-14(13)16)18-6-2-3-11(9-18)7-15(19)20/h4-5,8,10-11H,2-3,6-7,9H2,1H3,(H,19,20). The Bertz CT molecular complexity index is 495. The molecule has 1 aliphatic rings. The van der Waals surface area contributed by atoms with Gasteiger partial charge in [-0.1, -0.05) is 22.0 Å². The third-order valence-electron chi connectivity index (χ3n) is 3.97. The summed E-state index contributed by atoms with van der Waals surface area (Å²) >= 11 is 3.41. The van der Waals surface area contributed by atoms with Crippen LogP contribution in [0, 0.1) is 11.7 Å². The summed E-state index contributed by atoms with van der Waals surface area (Å²) in [4.78, 5) is 13.1. The van der Waals surface area contributed by atoms with Gasteiger partial charge < -0.3 is 5.11 Å². The second-order valence-electron chi connectivity index (χ2n) is 5.44. The first-order chi connectivity index (χ1) is 9.47. The highest BCUT2D eigenvalue weighted by Crippen LogP contribution is 2.32. The molecule has 2 rings (SSSR count). The van der Waals surface area contributed by atoms with Gasteiger partial charge in [0.1, 0.15) is 5.82 Å². The highest BCUT2D eigenvalue weighted by atomic mass is 79.9. The first-order valence-electron chi connectivity index (χ1n) is 6.88. The van der Waals surface area contributed by atoms with Gasteiger partial charge in [0.2, 0.25) is 0 Å². The smallest absolute Gasteiger partial charge is 0.303 e. The molecule has 1 aromatic carbocycles. The van der Waals surface area contributed by atoms with Gasteiger partial charge in [-0.25, -0.2) is 4.39 Å². The van der Waals surface area contributed by atoms with Crippen molar-refractivity contribution in [1.82, 2.24) is 4.90 Å². The summed E-state index contributed by atoms with van der Waals surface area (Å²) in [5, 5.41) is 8.91. The Morgan fingerprint density at radius 1 is 1.60 bits per heavy atom. The molecular formula is C15H19BrFNO2. The van der Waals surface area contributed by atoms with Crippen LogP contribution in [0.5, 0.6) is 0 Å². The third-order valence-corrected chi connectivity index (χ3v) is 4.66. The number of hydrogen-bond donors (Lipinski definition) is 1. The predicted molar refractivity (Wildman–Crippen MR) is 79.1 cm³/mol. The largest absolute Gasteiger partial charge is 0.481 e. The lowest BCUT2D eigenvalue weighted by Gasteiger charge is -2.37. The lowest BCUT2D eigenvalue weighted by Crippen LogP contribution is -2.38. The van der Waals surface area contributed by atoms with E-state index in [1.807, 2.05) is 0 Å². The van der Waals surface area contributed by atoms with Crippen molar-refractivity contribution in [1.29, 1.82) is 0 Å². The number of carboxylic acids is 1. The molecule has 1 N–H and O–H groups in total. The summed E-state index contributed by atoms with van der Waals surface area (Å²) in [6, 6.07) is 4.89. The number of halogens is 2. The highest BCUT2D eigenvalue weighted by molar-refractivity contribution is 9.10. The zero-order chi connectivity index (χ0) is 14.7. The second-order valence-corrected chi connectivity index (χ2v) is 6.30. The van der Waals surface area contributed by atoms with Gasteiger partial charge in [0.05, 0.1) is 0 Å². The van der Waals surface area contributed by atoms with E-state index in [0.29, 0.717) is 0 Å². The summed E-state index contributed by atoms with van der Waals surface area (Å²) < 4.78 is 13.9. The zero-order valence-corrected chi connectivity index (χ0v) is 13.1. The van der Waals surface area contributed by atoms with E-state index in [-0.39, 0.29) is 24.2 Å². The molecule has 110 valence electrons. The van der Waals surface area contributed by atoms with Gasteiger partial charge in [0.25, 0.3) is 0 Å². The number of nitrogens with zero attached hydrogens (tertiary/aromatic N) is 1. The molecule has 1 heterocycles. The topological polar surface area (TPSA) is 40.5 Å². The summed E-state index contributed by atoms with van der Waals surface area (Å²) in [6.07, 6.45) is 2.22. The molecule has 0 radical (unpaired) electrons. The SMILES string of the molecule is CC(c1ccc(F)cc1Br)N1CCCC(CC(=O)O)C1. The molecule has 2 unspecified atom stereocenters. The van der Waals surface area contributed by atoms with E-state index in [4.69, 9.17) is 5.11 Å². The number of carboxylic acid groups (broad SMARTS) is 1. The first kappa shape index (κ1) is 15.4.